The summed E-state index contributed by atoms with van der Waals surface area (Å²) < 4.78 is 48.6. The molecule has 4 aliphatic heterocycles. The molecule has 0 bridgehead atoms. The van der Waals surface area contributed by atoms with Crippen molar-refractivity contribution in [3.8, 4) is 0 Å². The van der Waals surface area contributed by atoms with Gasteiger partial charge in [-0.1, -0.05) is 41.0 Å². The lowest BCUT2D eigenvalue weighted by Crippen LogP contribution is -2.52. The molecule has 4 fully saturated rings. The zero-order chi connectivity index (χ0) is 103. The van der Waals surface area contributed by atoms with Gasteiger partial charge in [-0.2, -0.15) is 35.4 Å². The Balaban J connectivity index is 0.000000388. The topological polar surface area (TPSA) is 543 Å². The number of amides is 8. The molecule has 11 N–H and O–H groups in total. The van der Waals surface area contributed by atoms with Gasteiger partial charge in [0.2, 0.25) is 35.7 Å². The van der Waals surface area contributed by atoms with Crippen LogP contribution in [0.5, 0.6) is 0 Å². The Morgan fingerprint density at radius 2 is 0.567 bits per heavy atom. The molecule has 0 saturated carbocycles. The monoisotopic (exact) mass is 2000 g/mol. The minimum absolute atomic E-state index is 0.00277. The Hall–Kier alpha value is -12.5. The van der Waals surface area contributed by atoms with Crippen LogP contribution >= 0.6 is 11.8 Å². The SMILES string of the molecule is CC(C)(C)OC(=O)N1CCN(C(=O)OC(C)(C)C)CCN(c2nc(NCCNC(=O)c3cc4ccccc4oc3=O)nc(N3CCN(C(=O)OC(C)(C)C)CCN(C(=O)OC(C)(C)C)CCN(C(=O)OC(C)(C)C)CC3)n2)CCN(C(=O)OC(C)(C)C)CC1.N=NN=NCl.O=C(NCCNc1nc(N2CCNCCNCCNCC2)nc(N2CCNCCNCCNCC2)n1)c1cc2ccccc2oc1=O. The number of benzene rings is 2. The molecule has 141 heavy (non-hydrogen) atoms. The largest absolute Gasteiger partial charge is 0.444 e. The third-order valence-electron chi connectivity index (χ3n) is 20.8. The molecule has 0 radical (unpaired) electrons. The second-order valence-corrected chi connectivity index (χ2v) is 39.5. The zero-order valence-electron chi connectivity index (χ0n) is 85.0. The number of anilines is 6. The number of hydrogen-bond donors (Lipinski definition) is 11. The van der Waals surface area contributed by atoms with Crippen LogP contribution in [0.25, 0.3) is 21.9 Å². The summed E-state index contributed by atoms with van der Waals surface area (Å²) in [6.07, 6.45) is -3.92. The van der Waals surface area contributed by atoms with Crippen LogP contribution in [0.3, 0.4) is 0 Å². The van der Waals surface area contributed by atoms with E-state index in [0.29, 0.717) is 46.3 Å². The van der Waals surface area contributed by atoms with E-state index in [0.717, 1.165) is 105 Å². The van der Waals surface area contributed by atoms with Gasteiger partial charge in [-0.15, -0.1) is 0 Å². The van der Waals surface area contributed by atoms with Crippen LogP contribution in [0.1, 0.15) is 145 Å². The van der Waals surface area contributed by atoms with Crippen LogP contribution < -0.4 is 84.0 Å². The number of rotatable bonds is 15. The maximum Gasteiger partial charge on any atom is 0.410 e. The van der Waals surface area contributed by atoms with Crippen molar-refractivity contribution in [2.45, 2.75) is 158 Å². The summed E-state index contributed by atoms with van der Waals surface area (Å²) >= 11 is 4.55. The maximum absolute atomic E-state index is 14.2. The molecule has 4 saturated heterocycles. The average Bonchev–Trinajstić information content (AvgIpc) is 0.825. The summed E-state index contributed by atoms with van der Waals surface area (Å²) in [6, 6.07) is 17.0. The molecule has 8 heterocycles. The molecular weight excluding hydrogens is 1850 g/mol. The average molecular weight is 2000 g/mol. The number of carbonyl (C=O) groups is 8. The summed E-state index contributed by atoms with van der Waals surface area (Å²) in [5, 5.41) is 39.2. The Labute approximate surface area is 828 Å². The minimum atomic E-state index is -0.901. The normalized spacial score (nSPS) is 16.6. The Morgan fingerprint density at radius 3 is 0.794 bits per heavy atom. The van der Waals surface area contributed by atoms with Gasteiger partial charge in [0.1, 0.15) is 55.9 Å². The lowest BCUT2D eigenvalue weighted by molar-refractivity contribution is 0.00797. The van der Waals surface area contributed by atoms with Crippen molar-refractivity contribution in [3.05, 3.63) is 92.6 Å². The first-order valence-corrected chi connectivity index (χ1v) is 48.1. The fourth-order valence-electron chi connectivity index (χ4n) is 14.0. The lowest BCUT2D eigenvalue weighted by atomic mass is 10.2. The van der Waals surface area contributed by atoms with Crippen molar-refractivity contribution >= 4 is 118 Å². The van der Waals surface area contributed by atoms with Gasteiger partial charge in [0, 0.05) is 246 Å². The van der Waals surface area contributed by atoms with E-state index >= 15 is 0 Å². The van der Waals surface area contributed by atoms with Crippen molar-refractivity contribution in [1.82, 2.24) is 102 Å². The highest BCUT2D eigenvalue weighted by molar-refractivity contribution is 6.13. The summed E-state index contributed by atoms with van der Waals surface area (Å²) in [5.41, 5.74) is -0.383. The Morgan fingerprint density at radius 1 is 0.340 bits per heavy atom. The molecule has 49 heteroatoms. The highest BCUT2D eigenvalue weighted by atomic mass is 35.5. The maximum atomic E-state index is 14.2. The standard InChI is InChI=1S/C61H97N13O15.C31H49N13O3.ClHN4/c1-56(2,3)84-50(77)69-29-25-67(26-30-70(51(78)85-57(4,5)6)34-38-73(37-33-69)54(81)88-60(13,14)15)48-64-47(63-24-23-62-45(75)43-41-42-21-19-20-22-44(42)83-46(43)76)65-49(66-48)68-27-31-71(52(79)86-58(7,8)9)35-39-74(55(82)89-61(16,17)18)40-36-72(32-28-68)53(80)87-59(10,11)12;45-27(25-23-24-3-1-2-4-26(24)47-28(25)46)38-13-14-39-29-40-30(43-19-15-34-9-5-32-6-10-35-16-20-43)42-31(41-29)44-21-17-36-11-7-33-8-12-37-18-22-44;1-3-5-4-2/h19-22,41H,23-40H2,1-18H3,(H,62,75)(H,63,64,65,66);1-4,23,32-37H,5-22H2,(H,38,45)(H,39,40,41,42);2H. The molecule has 10 rings (SSSR count). The van der Waals surface area contributed by atoms with E-state index in [-0.39, 0.29) is 153 Å². The number of hydrogen-bond acceptors (Lipinski definition) is 38. The summed E-state index contributed by atoms with van der Waals surface area (Å²) in [6.45, 7) is 45.3. The first kappa shape index (κ1) is 114. The van der Waals surface area contributed by atoms with Gasteiger partial charge in [-0.05, 0) is 159 Å². The molecular formula is C92H147ClN30O18. The second-order valence-electron chi connectivity index (χ2n) is 39.4. The molecule has 8 amide bonds. The van der Waals surface area contributed by atoms with Crippen molar-refractivity contribution in [2.24, 2.45) is 15.1 Å². The molecule has 4 aliphatic rings. The molecule has 780 valence electrons. The van der Waals surface area contributed by atoms with Crippen molar-refractivity contribution in [3.63, 3.8) is 0 Å². The van der Waals surface area contributed by atoms with E-state index in [9.17, 15) is 47.9 Å². The fourth-order valence-corrected chi connectivity index (χ4v) is 14.0. The number of nitrogens with zero attached hydrogens (tertiary/aromatic N) is 19. The van der Waals surface area contributed by atoms with E-state index in [1.54, 1.807) is 183 Å². The van der Waals surface area contributed by atoms with Crippen LogP contribution in [0.4, 0.5) is 64.5 Å². The Bertz CT molecular complexity index is 4890. The van der Waals surface area contributed by atoms with Gasteiger partial charge in [0.05, 0.1) is 11.8 Å². The van der Waals surface area contributed by atoms with Gasteiger partial charge in [0.15, 0.2) is 0 Å². The molecule has 4 aromatic heterocycles. The van der Waals surface area contributed by atoms with Crippen LogP contribution in [-0.4, -0.2) is 377 Å². The number of aromatic nitrogens is 6. The number of fused-ring (bicyclic) bond motifs is 2. The highest BCUT2D eigenvalue weighted by Crippen LogP contribution is 2.26. The summed E-state index contributed by atoms with van der Waals surface area (Å²) in [7, 11) is 0. The smallest absolute Gasteiger partial charge is 0.410 e. The van der Waals surface area contributed by atoms with E-state index in [1.807, 2.05) is 6.07 Å². The predicted molar refractivity (Wildman–Crippen MR) is 535 cm³/mol. The van der Waals surface area contributed by atoms with Crippen LogP contribution in [0.2, 0.25) is 0 Å². The number of halogens is 1. The molecule has 2 aromatic carbocycles. The van der Waals surface area contributed by atoms with Crippen molar-refractivity contribution in [2.75, 3.05) is 266 Å². The summed E-state index contributed by atoms with van der Waals surface area (Å²) in [5.74, 6) is 0.577. The second kappa shape index (κ2) is 55.1. The van der Waals surface area contributed by atoms with Gasteiger partial charge in [-0.25, -0.2) is 38.4 Å². The lowest BCUT2D eigenvalue weighted by Gasteiger charge is -2.36. The van der Waals surface area contributed by atoms with Crippen molar-refractivity contribution < 1.29 is 75.6 Å². The third-order valence-corrected chi connectivity index (χ3v) is 20.8. The minimum Gasteiger partial charge on any atom is -0.444 e. The third kappa shape index (κ3) is 41.7. The number of ether oxygens (including phenoxy) is 6. The van der Waals surface area contributed by atoms with Gasteiger partial charge >= 0.3 is 47.8 Å². The van der Waals surface area contributed by atoms with Gasteiger partial charge < -0.3 is 139 Å². The van der Waals surface area contributed by atoms with E-state index in [1.165, 1.54) is 35.5 Å². The summed E-state index contributed by atoms with van der Waals surface area (Å²) in [4.78, 5) is 182. The van der Waals surface area contributed by atoms with E-state index in [2.05, 4.69) is 89.8 Å². The van der Waals surface area contributed by atoms with E-state index in [4.69, 9.17) is 72.7 Å². The van der Waals surface area contributed by atoms with Gasteiger partial charge in [0.25, 0.3) is 11.8 Å². The molecule has 0 unspecified atom stereocenters. The Kier molecular flexibility index (Phi) is 44.4. The molecule has 0 atom stereocenters. The van der Waals surface area contributed by atoms with E-state index < -0.39 is 93.2 Å². The molecule has 48 nitrogen and oxygen atoms in total. The first-order valence-electron chi connectivity index (χ1n) is 47.8. The fraction of sp³-hybridized carbons (Fsp3) is 0.652. The molecule has 6 aromatic rings. The number of carbonyl (C=O) groups excluding carboxylic acids is 8. The molecule has 0 aliphatic carbocycles. The molecule has 0 spiro atoms. The number of nitrogens with one attached hydrogen (secondary N) is 11. The number of para-hydroxylation sites is 2. The van der Waals surface area contributed by atoms with Crippen molar-refractivity contribution in [1.29, 1.82) is 5.53 Å². The van der Waals surface area contributed by atoms with Crippen LogP contribution in [0, 0.1) is 5.53 Å². The van der Waals surface area contributed by atoms with Crippen LogP contribution in [0.15, 0.2) is 94.2 Å². The van der Waals surface area contributed by atoms with Gasteiger partial charge in [-0.3, -0.25) is 9.59 Å². The highest BCUT2D eigenvalue weighted by Gasteiger charge is 2.36. The first-order chi connectivity index (χ1) is 66.7. The predicted octanol–water partition coefficient (Wildman–Crippen LogP) is 7.42. The zero-order valence-corrected chi connectivity index (χ0v) is 85.7. The van der Waals surface area contributed by atoms with Crippen LogP contribution in [-0.2, 0) is 28.4 Å². The quantitative estimate of drug-likeness (QED) is 0.0157.